The van der Waals surface area contributed by atoms with Gasteiger partial charge in [0.25, 0.3) is 5.91 Å². The van der Waals surface area contributed by atoms with E-state index in [1.54, 1.807) is 48.5 Å². The molecule has 3 rings (SSSR count). The minimum atomic E-state index is -3.67. The molecule has 0 saturated carbocycles. The minimum absolute atomic E-state index is 0. The number of hydrogen-bond acceptors (Lipinski definition) is 6. The second kappa shape index (κ2) is 9.63. The van der Waals surface area contributed by atoms with Gasteiger partial charge in [0.15, 0.2) is 0 Å². The summed E-state index contributed by atoms with van der Waals surface area (Å²) in [7, 11) is -3.67. The molecular weight excluding hydrogens is 420 g/mol. The van der Waals surface area contributed by atoms with Crippen LogP contribution in [0, 0.1) is 0 Å². The maximum atomic E-state index is 12.6. The van der Waals surface area contributed by atoms with Crippen molar-refractivity contribution in [2.45, 2.75) is 19.1 Å². The number of amides is 1. The van der Waals surface area contributed by atoms with Crippen molar-refractivity contribution in [3.63, 3.8) is 0 Å². The number of sulfonamides is 1. The molecule has 3 aromatic rings. The van der Waals surface area contributed by atoms with Gasteiger partial charge in [-0.1, -0.05) is 60.7 Å². The van der Waals surface area contributed by atoms with Gasteiger partial charge in [0.05, 0.1) is 17.0 Å². The molecule has 1 amide bonds. The van der Waals surface area contributed by atoms with Crippen LogP contribution in [-0.2, 0) is 22.2 Å². The van der Waals surface area contributed by atoms with E-state index in [0.717, 1.165) is 11.4 Å². The molecule has 0 aliphatic heterocycles. The average Bonchev–Trinajstić information content (AvgIpc) is 3.09. The smallest absolute Gasteiger partial charge is 0.259 e. The normalized spacial score (nSPS) is 10.8. The van der Waals surface area contributed by atoms with Crippen LogP contribution in [0.3, 0.4) is 0 Å². The van der Waals surface area contributed by atoms with Crippen LogP contribution >= 0.6 is 23.7 Å². The summed E-state index contributed by atoms with van der Waals surface area (Å²) in [5, 5.41) is 11.7. The van der Waals surface area contributed by atoms with Crippen molar-refractivity contribution >= 4 is 50.5 Å². The van der Waals surface area contributed by atoms with E-state index in [-0.39, 0.29) is 29.4 Å². The molecule has 0 spiro atoms. The third kappa shape index (κ3) is 5.75. The molecule has 0 radical (unpaired) electrons. The molecule has 0 fully saturated rings. The lowest BCUT2D eigenvalue weighted by atomic mass is 10.2. The Morgan fingerprint density at radius 1 is 1.04 bits per heavy atom. The lowest BCUT2D eigenvalue weighted by Crippen LogP contribution is -2.19. The van der Waals surface area contributed by atoms with Crippen molar-refractivity contribution in [2.24, 2.45) is 0 Å². The number of hydrogen-bond donors (Lipinski definition) is 2. The Morgan fingerprint density at radius 3 is 2.39 bits per heavy atom. The van der Waals surface area contributed by atoms with Crippen LogP contribution in [0.2, 0.25) is 0 Å². The number of carbonyl (C=O) groups excluding carboxylic acids is 1. The number of anilines is 2. The van der Waals surface area contributed by atoms with Gasteiger partial charge in [0.2, 0.25) is 15.2 Å². The summed E-state index contributed by atoms with van der Waals surface area (Å²) in [6, 6.07) is 15.3. The van der Waals surface area contributed by atoms with Crippen molar-refractivity contribution in [2.75, 3.05) is 10.0 Å². The molecule has 1 heterocycles. The summed E-state index contributed by atoms with van der Waals surface area (Å²) in [5.41, 5.74) is 1.08. The summed E-state index contributed by atoms with van der Waals surface area (Å²) in [5.74, 6) is -0.633. The molecule has 148 valence electrons. The summed E-state index contributed by atoms with van der Waals surface area (Å²) < 4.78 is 27.5. The molecule has 2 N–H and O–H groups in total. The number of para-hydroxylation sites is 1. The van der Waals surface area contributed by atoms with Crippen LogP contribution in [0.1, 0.15) is 27.9 Å². The second-order valence-corrected chi connectivity index (χ2v) is 8.49. The lowest BCUT2D eigenvalue weighted by Gasteiger charge is -2.12. The van der Waals surface area contributed by atoms with Gasteiger partial charge in [-0.25, -0.2) is 8.42 Å². The fraction of sp³-hybridized carbons (Fsp3) is 0.167. The molecule has 0 unspecified atom stereocenters. The Kier molecular flexibility index (Phi) is 7.50. The van der Waals surface area contributed by atoms with Crippen LogP contribution < -0.4 is 10.0 Å². The zero-order valence-electron chi connectivity index (χ0n) is 15.0. The van der Waals surface area contributed by atoms with Crippen molar-refractivity contribution in [3.8, 4) is 0 Å². The fourth-order valence-electron chi connectivity index (χ4n) is 2.38. The Morgan fingerprint density at radius 2 is 1.71 bits per heavy atom. The number of carbonyl (C=O) groups is 1. The molecule has 0 aliphatic carbocycles. The summed E-state index contributed by atoms with van der Waals surface area (Å²) in [4.78, 5) is 12.6. The highest BCUT2D eigenvalue weighted by Gasteiger charge is 2.18. The van der Waals surface area contributed by atoms with Crippen LogP contribution in [0.15, 0.2) is 54.6 Å². The van der Waals surface area contributed by atoms with Gasteiger partial charge in [-0.15, -0.1) is 22.6 Å². The van der Waals surface area contributed by atoms with E-state index in [1.165, 1.54) is 11.3 Å². The molecule has 2 aromatic carbocycles. The van der Waals surface area contributed by atoms with E-state index in [0.29, 0.717) is 10.7 Å². The second-order valence-electron chi connectivity index (χ2n) is 5.70. The van der Waals surface area contributed by atoms with Gasteiger partial charge < -0.3 is 0 Å². The number of rotatable bonds is 7. The Balaban J connectivity index is 0.00000280. The fourth-order valence-corrected chi connectivity index (χ4v) is 4.27. The van der Waals surface area contributed by atoms with Crippen molar-refractivity contribution in [1.29, 1.82) is 0 Å². The first kappa shape index (κ1) is 21.8. The van der Waals surface area contributed by atoms with Crippen molar-refractivity contribution in [1.82, 2.24) is 10.2 Å². The Hall–Kier alpha value is -2.49. The van der Waals surface area contributed by atoms with Gasteiger partial charge in [-0.2, -0.15) is 0 Å². The molecule has 1 aromatic heterocycles. The highest BCUT2D eigenvalue weighted by molar-refractivity contribution is 7.91. The predicted molar refractivity (Wildman–Crippen MR) is 114 cm³/mol. The summed E-state index contributed by atoms with van der Waals surface area (Å²) in [6.45, 7) is 1.95. The van der Waals surface area contributed by atoms with E-state index in [1.807, 2.05) is 13.0 Å². The topological polar surface area (TPSA) is 101 Å². The van der Waals surface area contributed by atoms with E-state index in [4.69, 9.17) is 0 Å². The third-order valence-electron chi connectivity index (χ3n) is 3.63. The predicted octanol–water partition coefficient (Wildman–Crippen LogP) is 3.72. The molecule has 7 nitrogen and oxygen atoms in total. The van der Waals surface area contributed by atoms with Crippen molar-refractivity contribution in [3.05, 3.63) is 70.7 Å². The van der Waals surface area contributed by atoms with Gasteiger partial charge in [0, 0.05) is 0 Å². The van der Waals surface area contributed by atoms with Gasteiger partial charge in [0.1, 0.15) is 5.01 Å². The lowest BCUT2D eigenvalue weighted by molar-refractivity contribution is 0.102. The number of nitrogens with zero attached hydrogens (tertiary/aromatic N) is 2. The number of benzene rings is 2. The molecule has 0 saturated heterocycles. The monoisotopic (exact) mass is 438 g/mol. The number of aryl methyl sites for hydroxylation is 1. The molecule has 28 heavy (non-hydrogen) atoms. The maximum absolute atomic E-state index is 12.6. The van der Waals surface area contributed by atoms with E-state index < -0.39 is 15.9 Å². The quantitative estimate of drug-likeness (QED) is 0.585. The highest BCUT2D eigenvalue weighted by Crippen LogP contribution is 2.21. The number of aromatic nitrogens is 2. The van der Waals surface area contributed by atoms with Crippen LogP contribution in [0.25, 0.3) is 0 Å². The highest BCUT2D eigenvalue weighted by atomic mass is 35.5. The van der Waals surface area contributed by atoms with E-state index in [2.05, 4.69) is 20.2 Å². The zero-order valence-corrected chi connectivity index (χ0v) is 17.4. The minimum Gasteiger partial charge on any atom is -0.296 e. The van der Waals surface area contributed by atoms with Crippen molar-refractivity contribution < 1.29 is 13.2 Å². The van der Waals surface area contributed by atoms with Crippen LogP contribution in [0.4, 0.5) is 10.8 Å². The van der Waals surface area contributed by atoms with Gasteiger partial charge in [-0.05, 0) is 24.1 Å². The molecule has 10 heteroatoms. The average molecular weight is 439 g/mol. The number of halogens is 1. The molecular formula is C18H19ClN4O3S2. The standard InChI is InChI=1S/C18H18N4O3S2.ClH/c1-2-16-20-21-18(26-16)19-17(23)14-10-6-7-11-15(14)22-27(24,25)12-13-8-4-3-5-9-13;/h3-11,22H,2,12H2,1H3,(H,19,21,23);1H. The van der Waals surface area contributed by atoms with E-state index in [9.17, 15) is 13.2 Å². The third-order valence-corrected chi connectivity index (χ3v) is 5.85. The first-order valence-corrected chi connectivity index (χ1v) is 10.7. The first-order chi connectivity index (χ1) is 13.0. The first-order valence-electron chi connectivity index (χ1n) is 8.24. The SMILES string of the molecule is CCc1nnc(NC(=O)c2ccccc2NS(=O)(=O)Cc2ccccc2)s1.Cl. The van der Waals surface area contributed by atoms with Crippen LogP contribution in [-0.4, -0.2) is 24.5 Å². The largest absolute Gasteiger partial charge is 0.296 e. The molecule has 0 aliphatic rings. The summed E-state index contributed by atoms with van der Waals surface area (Å²) in [6.07, 6.45) is 0.726. The zero-order chi connectivity index (χ0) is 19.3. The van der Waals surface area contributed by atoms with Gasteiger partial charge >= 0.3 is 0 Å². The van der Waals surface area contributed by atoms with Crippen LogP contribution in [0.5, 0.6) is 0 Å². The Labute approximate surface area is 173 Å². The molecule has 0 atom stereocenters. The Bertz CT molecular complexity index is 1040. The maximum Gasteiger partial charge on any atom is 0.259 e. The van der Waals surface area contributed by atoms with Gasteiger partial charge in [-0.3, -0.25) is 14.8 Å². The summed E-state index contributed by atoms with van der Waals surface area (Å²) >= 11 is 1.28. The number of nitrogens with one attached hydrogen (secondary N) is 2. The molecule has 0 bridgehead atoms. The van der Waals surface area contributed by atoms with E-state index >= 15 is 0 Å².